The average molecular weight is 425 g/mol. The van der Waals surface area contributed by atoms with E-state index < -0.39 is 6.04 Å². The molecule has 1 aliphatic heterocycles. The van der Waals surface area contributed by atoms with Crippen LogP contribution in [-0.4, -0.2) is 46.8 Å². The third-order valence-corrected chi connectivity index (χ3v) is 6.12. The Morgan fingerprint density at radius 3 is 2.57 bits per heavy atom. The van der Waals surface area contributed by atoms with E-state index in [2.05, 4.69) is 10.2 Å². The van der Waals surface area contributed by atoms with E-state index >= 15 is 0 Å². The van der Waals surface area contributed by atoms with Gasteiger partial charge in [0.25, 0.3) is 0 Å². The summed E-state index contributed by atoms with van der Waals surface area (Å²) in [7, 11) is 0. The number of carbonyl (C=O) groups excluding carboxylic acids is 1. The number of amides is 1. The van der Waals surface area contributed by atoms with E-state index in [-0.39, 0.29) is 5.91 Å². The Bertz CT molecular complexity index is 993. The normalized spacial score (nSPS) is 16.3. The summed E-state index contributed by atoms with van der Waals surface area (Å²) in [5, 5.41) is 9.54. The molecule has 158 valence electrons. The summed E-state index contributed by atoms with van der Waals surface area (Å²) < 4.78 is 1.81. The Balaban J connectivity index is 1.51. The van der Waals surface area contributed by atoms with Crippen LogP contribution in [0, 0.1) is 0 Å². The molecule has 3 aromatic rings. The highest BCUT2D eigenvalue weighted by atomic mass is 35.5. The second-order valence-electron chi connectivity index (χ2n) is 8.04. The van der Waals surface area contributed by atoms with Crippen molar-refractivity contribution in [3.63, 3.8) is 0 Å². The number of aromatic nitrogens is 2. The molecule has 6 heteroatoms. The predicted molar refractivity (Wildman–Crippen MR) is 123 cm³/mol. The molecule has 0 radical (unpaired) electrons. The number of fused-ring (bicyclic) bond motifs is 1. The number of likely N-dealkylation sites (tertiary alicyclic amines) is 1. The molecule has 0 saturated carbocycles. The highest BCUT2D eigenvalue weighted by Gasteiger charge is 2.21. The molecule has 1 amide bonds. The molecule has 2 aromatic carbocycles. The van der Waals surface area contributed by atoms with Crippen molar-refractivity contribution < 1.29 is 4.79 Å². The topological polar surface area (TPSA) is 50.2 Å². The molecule has 5 nitrogen and oxygen atoms in total. The van der Waals surface area contributed by atoms with Crippen LogP contribution in [0.3, 0.4) is 0 Å². The van der Waals surface area contributed by atoms with E-state index in [9.17, 15) is 4.79 Å². The maximum Gasteiger partial charge on any atom is 0.244 e. The molecule has 0 unspecified atom stereocenters. The summed E-state index contributed by atoms with van der Waals surface area (Å²) in [6.07, 6.45) is 5.16. The van der Waals surface area contributed by atoms with Crippen LogP contribution in [-0.2, 0) is 4.79 Å². The minimum atomic E-state index is -0.407. The third kappa shape index (κ3) is 4.68. The van der Waals surface area contributed by atoms with Crippen LogP contribution in [0.4, 0.5) is 0 Å². The molecule has 1 atom stereocenters. The summed E-state index contributed by atoms with van der Waals surface area (Å²) in [4.78, 5) is 15.3. The van der Waals surface area contributed by atoms with Gasteiger partial charge in [0.15, 0.2) is 0 Å². The van der Waals surface area contributed by atoms with Gasteiger partial charge in [0, 0.05) is 29.1 Å². The number of hydrogen-bond donors (Lipinski definition) is 1. The maximum absolute atomic E-state index is 12.9. The fraction of sp³-hybridized carbons (Fsp3) is 0.417. The van der Waals surface area contributed by atoms with Crippen LogP contribution in [0.25, 0.3) is 22.2 Å². The zero-order valence-electron chi connectivity index (χ0n) is 17.5. The van der Waals surface area contributed by atoms with Gasteiger partial charge < -0.3 is 10.2 Å². The number of nitrogens with zero attached hydrogens (tertiary/aromatic N) is 3. The summed E-state index contributed by atoms with van der Waals surface area (Å²) in [6, 6.07) is 15.3. The molecule has 30 heavy (non-hydrogen) atoms. The summed E-state index contributed by atoms with van der Waals surface area (Å²) >= 11 is 6.26. The summed E-state index contributed by atoms with van der Waals surface area (Å²) in [5.41, 5.74) is 2.77. The van der Waals surface area contributed by atoms with Gasteiger partial charge in [-0.05, 0) is 51.1 Å². The number of rotatable bonds is 6. The van der Waals surface area contributed by atoms with Crippen molar-refractivity contribution in [2.75, 3.05) is 26.2 Å². The molecular formula is C24H29ClN4O. The van der Waals surface area contributed by atoms with Crippen molar-refractivity contribution in [2.45, 2.75) is 38.6 Å². The quantitative estimate of drug-likeness (QED) is 0.611. The Hall–Kier alpha value is -2.37. The highest BCUT2D eigenvalue weighted by Crippen LogP contribution is 2.31. The minimum absolute atomic E-state index is 0.0104. The van der Waals surface area contributed by atoms with E-state index in [0.717, 1.165) is 41.8 Å². The van der Waals surface area contributed by atoms with Gasteiger partial charge >= 0.3 is 0 Å². The van der Waals surface area contributed by atoms with Crippen LogP contribution in [0.2, 0.25) is 5.02 Å². The Labute approximate surface area is 183 Å². The van der Waals surface area contributed by atoms with Crippen molar-refractivity contribution >= 4 is 28.4 Å². The molecule has 1 fully saturated rings. The van der Waals surface area contributed by atoms with Crippen molar-refractivity contribution in [3.05, 3.63) is 53.6 Å². The molecule has 1 aromatic heterocycles. The monoisotopic (exact) mass is 424 g/mol. The molecule has 0 aliphatic carbocycles. The molecule has 1 saturated heterocycles. The number of nitrogens with one attached hydrogen (secondary N) is 1. The van der Waals surface area contributed by atoms with E-state index in [1.165, 1.54) is 25.7 Å². The Morgan fingerprint density at radius 1 is 1.10 bits per heavy atom. The van der Waals surface area contributed by atoms with E-state index in [1.54, 1.807) is 0 Å². The zero-order valence-corrected chi connectivity index (χ0v) is 18.2. The van der Waals surface area contributed by atoms with E-state index in [0.29, 0.717) is 11.6 Å². The Kier molecular flexibility index (Phi) is 6.70. The zero-order chi connectivity index (χ0) is 20.9. The SMILES string of the molecule is C[C@H](C(=O)NCCN1CCCCCC1)n1nc(-c2ccccc2)c2cc(Cl)ccc21. The molecule has 0 bridgehead atoms. The van der Waals surface area contributed by atoms with Crippen LogP contribution >= 0.6 is 11.6 Å². The average Bonchev–Trinajstić information content (AvgIpc) is 2.93. The molecule has 1 aliphatic rings. The van der Waals surface area contributed by atoms with Crippen molar-refractivity contribution in [1.29, 1.82) is 0 Å². The van der Waals surface area contributed by atoms with Crippen molar-refractivity contribution in [1.82, 2.24) is 20.0 Å². The van der Waals surface area contributed by atoms with Gasteiger partial charge in [-0.2, -0.15) is 5.10 Å². The second kappa shape index (κ2) is 9.63. The van der Waals surface area contributed by atoms with Gasteiger partial charge in [-0.15, -0.1) is 0 Å². The number of hydrogen-bond acceptors (Lipinski definition) is 3. The number of halogens is 1. The first-order chi connectivity index (χ1) is 14.6. The smallest absolute Gasteiger partial charge is 0.244 e. The van der Waals surface area contributed by atoms with Crippen molar-refractivity contribution in [3.8, 4) is 11.3 Å². The molecule has 4 rings (SSSR count). The lowest BCUT2D eigenvalue weighted by Gasteiger charge is -2.20. The molecule has 0 spiro atoms. The van der Waals surface area contributed by atoms with E-state index in [4.69, 9.17) is 16.7 Å². The van der Waals surface area contributed by atoms with Crippen LogP contribution < -0.4 is 5.32 Å². The molecule has 1 N–H and O–H groups in total. The lowest BCUT2D eigenvalue weighted by molar-refractivity contribution is -0.124. The second-order valence-corrected chi connectivity index (χ2v) is 8.48. The molecular weight excluding hydrogens is 396 g/mol. The first-order valence-corrected chi connectivity index (χ1v) is 11.2. The number of carbonyl (C=O) groups is 1. The summed E-state index contributed by atoms with van der Waals surface area (Å²) in [6.45, 7) is 5.74. The third-order valence-electron chi connectivity index (χ3n) is 5.89. The van der Waals surface area contributed by atoms with Crippen LogP contribution in [0.1, 0.15) is 38.6 Å². The first-order valence-electron chi connectivity index (χ1n) is 10.9. The van der Waals surface area contributed by atoms with Crippen LogP contribution in [0.15, 0.2) is 48.5 Å². The number of benzene rings is 2. The fourth-order valence-corrected chi connectivity index (χ4v) is 4.35. The Morgan fingerprint density at radius 2 is 1.83 bits per heavy atom. The van der Waals surface area contributed by atoms with Gasteiger partial charge in [0.1, 0.15) is 11.7 Å². The van der Waals surface area contributed by atoms with Gasteiger partial charge in [-0.1, -0.05) is 54.8 Å². The lowest BCUT2D eigenvalue weighted by Crippen LogP contribution is -2.38. The van der Waals surface area contributed by atoms with Gasteiger partial charge in [-0.25, -0.2) is 0 Å². The van der Waals surface area contributed by atoms with E-state index in [1.807, 2.05) is 60.1 Å². The molecule has 2 heterocycles. The summed E-state index contributed by atoms with van der Waals surface area (Å²) in [5.74, 6) is -0.0104. The predicted octanol–water partition coefficient (Wildman–Crippen LogP) is 4.91. The first kappa shape index (κ1) is 20.9. The van der Waals surface area contributed by atoms with Gasteiger partial charge in [-0.3, -0.25) is 9.48 Å². The highest BCUT2D eigenvalue weighted by molar-refractivity contribution is 6.31. The van der Waals surface area contributed by atoms with Gasteiger partial charge in [0.2, 0.25) is 5.91 Å². The maximum atomic E-state index is 12.9. The lowest BCUT2D eigenvalue weighted by atomic mass is 10.1. The largest absolute Gasteiger partial charge is 0.353 e. The fourth-order valence-electron chi connectivity index (χ4n) is 4.17. The van der Waals surface area contributed by atoms with Crippen LogP contribution in [0.5, 0.6) is 0 Å². The minimum Gasteiger partial charge on any atom is -0.353 e. The standard InChI is InChI=1S/C24H29ClN4O/c1-18(24(30)26-13-16-28-14-7-2-3-8-15-28)29-22-12-11-20(25)17-21(22)23(27-29)19-9-5-4-6-10-19/h4-6,9-12,17-18H,2-3,7-8,13-16H2,1H3,(H,26,30)/t18-/m1/s1. The van der Waals surface area contributed by atoms with Gasteiger partial charge in [0.05, 0.1) is 5.52 Å². The van der Waals surface area contributed by atoms with Crippen molar-refractivity contribution in [2.24, 2.45) is 0 Å².